The Morgan fingerprint density at radius 2 is 1.50 bits per heavy atom. The average Bonchev–Trinajstić information content (AvgIpc) is 1.57. The summed E-state index contributed by atoms with van der Waals surface area (Å²) in [5.74, 6) is 1.61. The van der Waals surface area contributed by atoms with Crippen molar-refractivity contribution in [1.82, 2.24) is 0 Å². The summed E-state index contributed by atoms with van der Waals surface area (Å²) in [6.45, 7) is 9.29. The van der Waals surface area contributed by atoms with E-state index in [1.807, 2.05) is 0 Å². The van der Waals surface area contributed by atoms with Crippen molar-refractivity contribution >= 4 is 0 Å². The predicted octanol–water partition coefficient (Wildman–Crippen LogP) is 3.24. The van der Waals surface area contributed by atoms with Crippen LogP contribution in [0.3, 0.4) is 0 Å². The lowest BCUT2D eigenvalue weighted by molar-refractivity contribution is 0.159. The van der Waals surface area contributed by atoms with Crippen LogP contribution < -0.4 is 0 Å². The van der Waals surface area contributed by atoms with Crippen molar-refractivity contribution in [3.8, 4) is 0 Å². The number of hydrogen-bond acceptors (Lipinski definition) is 0. The summed E-state index contributed by atoms with van der Waals surface area (Å²) in [6, 6.07) is 0. The van der Waals surface area contributed by atoms with E-state index in [1.54, 1.807) is 0 Å². The normalized spacial score (nSPS) is 21.8. The topological polar surface area (TPSA) is 0 Å². The van der Waals surface area contributed by atoms with Crippen molar-refractivity contribution in [2.24, 2.45) is 17.3 Å². The standard InChI is InChI=1S/C10H18/c1-8(2)10(9(3)4)6-5-7-10/h5-6,8-9H,7H2,1-4H3. The quantitative estimate of drug-likeness (QED) is 0.514. The van der Waals surface area contributed by atoms with Crippen molar-refractivity contribution in [2.45, 2.75) is 34.1 Å². The minimum atomic E-state index is 0.542. The molecule has 0 aromatic carbocycles. The van der Waals surface area contributed by atoms with Crippen LogP contribution in [0.5, 0.6) is 0 Å². The molecule has 0 aromatic rings. The van der Waals surface area contributed by atoms with Crippen LogP contribution in [0, 0.1) is 17.3 Å². The zero-order chi connectivity index (χ0) is 7.78. The molecule has 0 fully saturated rings. The van der Waals surface area contributed by atoms with Crippen molar-refractivity contribution < 1.29 is 0 Å². The molecule has 0 atom stereocenters. The highest BCUT2D eigenvalue weighted by atomic mass is 14.4. The van der Waals surface area contributed by atoms with Gasteiger partial charge in [-0.15, -0.1) is 0 Å². The van der Waals surface area contributed by atoms with Crippen LogP contribution in [0.25, 0.3) is 0 Å². The van der Waals surface area contributed by atoms with E-state index in [0.717, 1.165) is 11.8 Å². The molecule has 0 heterocycles. The highest BCUT2D eigenvalue weighted by molar-refractivity contribution is 5.15. The SMILES string of the molecule is CC(C)C1(C(C)C)C=CC1. The molecule has 10 heavy (non-hydrogen) atoms. The van der Waals surface area contributed by atoms with Gasteiger partial charge in [-0.1, -0.05) is 39.8 Å². The van der Waals surface area contributed by atoms with Crippen molar-refractivity contribution in [2.75, 3.05) is 0 Å². The van der Waals surface area contributed by atoms with Crippen LogP contribution in [0.2, 0.25) is 0 Å². The monoisotopic (exact) mass is 138 g/mol. The summed E-state index contributed by atoms with van der Waals surface area (Å²) in [7, 11) is 0. The Hall–Kier alpha value is -0.260. The lowest BCUT2D eigenvalue weighted by Gasteiger charge is -2.43. The van der Waals surface area contributed by atoms with E-state index in [0.29, 0.717) is 5.41 Å². The first-order valence-corrected chi connectivity index (χ1v) is 4.27. The van der Waals surface area contributed by atoms with Gasteiger partial charge in [-0.3, -0.25) is 0 Å². The Kier molecular flexibility index (Phi) is 1.89. The molecular weight excluding hydrogens is 120 g/mol. The number of hydrogen-bond donors (Lipinski definition) is 0. The van der Waals surface area contributed by atoms with Crippen molar-refractivity contribution in [3.05, 3.63) is 12.2 Å². The summed E-state index contributed by atoms with van der Waals surface area (Å²) >= 11 is 0. The second-order valence-corrected chi connectivity index (χ2v) is 4.03. The van der Waals surface area contributed by atoms with Gasteiger partial charge in [-0.25, -0.2) is 0 Å². The summed E-state index contributed by atoms with van der Waals surface area (Å²) in [6.07, 6.45) is 5.98. The second kappa shape index (κ2) is 2.41. The first kappa shape index (κ1) is 7.84. The van der Waals surface area contributed by atoms with Gasteiger partial charge in [0.15, 0.2) is 0 Å². The van der Waals surface area contributed by atoms with E-state index in [9.17, 15) is 0 Å². The van der Waals surface area contributed by atoms with Gasteiger partial charge >= 0.3 is 0 Å². The highest BCUT2D eigenvalue weighted by Crippen LogP contribution is 2.46. The molecule has 0 aromatic heterocycles. The van der Waals surface area contributed by atoms with E-state index >= 15 is 0 Å². The van der Waals surface area contributed by atoms with Gasteiger partial charge < -0.3 is 0 Å². The Labute approximate surface area is 64.3 Å². The maximum absolute atomic E-state index is 2.39. The number of rotatable bonds is 2. The lowest BCUT2D eigenvalue weighted by Crippen LogP contribution is -2.34. The Balaban J connectivity index is 2.70. The Morgan fingerprint density at radius 1 is 1.10 bits per heavy atom. The molecule has 0 saturated heterocycles. The summed E-state index contributed by atoms with van der Waals surface area (Å²) < 4.78 is 0. The molecule has 1 rings (SSSR count). The van der Waals surface area contributed by atoms with E-state index in [2.05, 4.69) is 39.8 Å². The van der Waals surface area contributed by atoms with Gasteiger partial charge in [0, 0.05) is 0 Å². The maximum atomic E-state index is 2.39. The van der Waals surface area contributed by atoms with Gasteiger partial charge in [-0.2, -0.15) is 0 Å². The average molecular weight is 138 g/mol. The lowest BCUT2D eigenvalue weighted by atomic mass is 9.61. The molecule has 0 radical (unpaired) electrons. The fourth-order valence-electron chi connectivity index (χ4n) is 1.91. The zero-order valence-corrected chi connectivity index (χ0v) is 7.52. The van der Waals surface area contributed by atoms with E-state index in [1.165, 1.54) is 6.42 Å². The van der Waals surface area contributed by atoms with Gasteiger partial charge in [0.2, 0.25) is 0 Å². The molecule has 58 valence electrons. The van der Waals surface area contributed by atoms with Crippen molar-refractivity contribution in [3.63, 3.8) is 0 Å². The van der Waals surface area contributed by atoms with E-state index in [-0.39, 0.29) is 0 Å². The molecule has 0 bridgehead atoms. The third-order valence-corrected chi connectivity index (χ3v) is 3.05. The van der Waals surface area contributed by atoms with Crippen LogP contribution in [-0.4, -0.2) is 0 Å². The fraction of sp³-hybridized carbons (Fsp3) is 0.800. The third kappa shape index (κ3) is 0.902. The Bertz CT molecular complexity index is 132. The smallest absolute Gasteiger partial charge is 0.00378 e. The van der Waals surface area contributed by atoms with E-state index in [4.69, 9.17) is 0 Å². The molecule has 0 aliphatic heterocycles. The summed E-state index contributed by atoms with van der Waals surface area (Å²) in [5, 5.41) is 0. The molecule has 0 heteroatoms. The van der Waals surface area contributed by atoms with Crippen molar-refractivity contribution in [1.29, 1.82) is 0 Å². The first-order chi connectivity index (χ1) is 4.59. The van der Waals surface area contributed by atoms with Gasteiger partial charge in [0.1, 0.15) is 0 Å². The molecule has 0 unspecified atom stereocenters. The second-order valence-electron chi connectivity index (χ2n) is 4.03. The molecule has 0 spiro atoms. The van der Waals surface area contributed by atoms with Crippen LogP contribution in [0.1, 0.15) is 34.1 Å². The molecule has 0 nitrogen and oxygen atoms in total. The highest BCUT2D eigenvalue weighted by Gasteiger charge is 2.37. The fourth-order valence-corrected chi connectivity index (χ4v) is 1.91. The zero-order valence-electron chi connectivity index (χ0n) is 7.52. The Morgan fingerprint density at radius 3 is 1.50 bits per heavy atom. The summed E-state index contributed by atoms with van der Waals surface area (Å²) in [4.78, 5) is 0. The van der Waals surface area contributed by atoms with Crippen LogP contribution in [-0.2, 0) is 0 Å². The molecular formula is C10H18. The van der Waals surface area contributed by atoms with Gasteiger partial charge in [0.25, 0.3) is 0 Å². The molecule has 1 aliphatic carbocycles. The number of allylic oxidation sites excluding steroid dienone is 2. The molecule has 0 amide bonds. The van der Waals surface area contributed by atoms with Crippen LogP contribution in [0.15, 0.2) is 12.2 Å². The molecule has 0 N–H and O–H groups in total. The molecule has 0 saturated carbocycles. The summed E-state index contributed by atoms with van der Waals surface area (Å²) in [5.41, 5.74) is 0.542. The molecule has 1 aliphatic rings. The minimum Gasteiger partial charge on any atom is -0.0871 e. The van der Waals surface area contributed by atoms with Gasteiger partial charge in [0.05, 0.1) is 0 Å². The third-order valence-electron chi connectivity index (χ3n) is 3.05. The maximum Gasteiger partial charge on any atom is -0.00378 e. The first-order valence-electron chi connectivity index (χ1n) is 4.27. The van der Waals surface area contributed by atoms with Crippen LogP contribution in [0.4, 0.5) is 0 Å². The van der Waals surface area contributed by atoms with Crippen LogP contribution >= 0.6 is 0 Å². The van der Waals surface area contributed by atoms with E-state index < -0.39 is 0 Å². The predicted molar refractivity (Wildman–Crippen MR) is 45.9 cm³/mol. The minimum absolute atomic E-state index is 0.542. The van der Waals surface area contributed by atoms with Gasteiger partial charge in [-0.05, 0) is 23.7 Å². The largest absolute Gasteiger partial charge is 0.0871 e.